The number of benzene rings is 2. The van der Waals surface area contributed by atoms with Crippen LogP contribution in [-0.4, -0.2) is 31.2 Å². The number of fused-ring (bicyclic) bond motifs is 1. The van der Waals surface area contributed by atoms with Gasteiger partial charge < -0.3 is 14.4 Å². The number of rotatable bonds is 5. The Kier molecular flexibility index (Phi) is 6.11. The van der Waals surface area contributed by atoms with Crippen molar-refractivity contribution in [1.82, 2.24) is 0 Å². The summed E-state index contributed by atoms with van der Waals surface area (Å²) in [6.45, 7) is 10.3. The highest BCUT2D eigenvalue weighted by Gasteiger charge is 2.25. The lowest BCUT2D eigenvalue weighted by Gasteiger charge is -2.22. The van der Waals surface area contributed by atoms with Gasteiger partial charge in [0.05, 0.1) is 18.2 Å². The van der Waals surface area contributed by atoms with E-state index in [1.807, 2.05) is 69.4 Å². The summed E-state index contributed by atoms with van der Waals surface area (Å²) in [5.41, 5.74) is 3.87. The Bertz CT molecular complexity index is 1000. The van der Waals surface area contributed by atoms with E-state index in [1.165, 1.54) is 7.11 Å². The van der Waals surface area contributed by atoms with E-state index in [4.69, 9.17) is 9.47 Å². The van der Waals surface area contributed by atoms with E-state index in [0.29, 0.717) is 16.7 Å². The number of methoxy groups -OCH3 is 1. The minimum Gasteiger partial charge on any atom is -0.465 e. The van der Waals surface area contributed by atoms with Crippen LogP contribution in [0.15, 0.2) is 66.9 Å². The lowest BCUT2D eigenvalue weighted by atomic mass is 9.99. The van der Waals surface area contributed by atoms with Gasteiger partial charge in [0.25, 0.3) is 0 Å². The molecule has 0 aliphatic carbocycles. The van der Waals surface area contributed by atoms with Gasteiger partial charge in [0.2, 0.25) is 0 Å². The van der Waals surface area contributed by atoms with Gasteiger partial charge in [0.15, 0.2) is 0 Å². The van der Waals surface area contributed by atoms with E-state index in [0.717, 1.165) is 29.8 Å². The van der Waals surface area contributed by atoms with Gasteiger partial charge in [-0.25, -0.2) is 9.59 Å². The molecule has 5 nitrogen and oxygen atoms in total. The molecular weight excluding hydrogens is 378 g/mol. The molecule has 5 heteroatoms. The van der Waals surface area contributed by atoms with Gasteiger partial charge in [0.1, 0.15) is 5.60 Å². The van der Waals surface area contributed by atoms with Crippen LogP contribution in [0, 0.1) is 0 Å². The third-order valence-electron chi connectivity index (χ3n) is 4.77. The molecule has 2 aromatic carbocycles. The second kappa shape index (κ2) is 8.57. The number of nitrogens with zero attached hydrogens (tertiary/aromatic N) is 1. The highest BCUT2D eigenvalue weighted by atomic mass is 16.6. The molecule has 1 aliphatic heterocycles. The highest BCUT2D eigenvalue weighted by Crippen LogP contribution is 2.33. The monoisotopic (exact) mass is 405 g/mol. The first-order chi connectivity index (χ1) is 14.2. The first-order valence-corrected chi connectivity index (χ1v) is 9.87. The van der Waals surface area contributed by atoms with E-state index in [1.54, 1.807) is 6.07 Å². The van der Waals surface area contributed by atoms with Crippen molar-refractivity contribution in [3.8, 4) is 0 Å². The predicted octanol–water partition coefficient (Wildman–Crippen LogP) is 4.77. The lowest BCUT2D eigenvalue weighted by Crippen LogP contribution is -2.25. The van der Waals surface area contributed by atoms with Crippen molar-refractivity contribution in [2.24, 2.45) is 0 Å². The van der Waals surface area contributed by atoms with Gasteiger partial charge in [0, 0.05) is 24.0 Å². The molecular formula is C25H27NO4. The average Bonchev–Trinajstić information content (AvgIpc) is 3.12. The van der Waals surface area contributed by atoms with E-state index >= 15 is 0 Å². The van der Waals surface area contributed by atoms with Crippen LogP contribution in [0.4, 0.5) is 5.69 Å². The normalized spacial score (nSPS) is 13.6. The first-order valence-electron chi connectivity index (χ1n) is 9.87. The number of hydrogen-bond acceptors (Lipinski definition) is 5. The molecule has 1 aliphatic rings. The van der Waals surface area contributed by atoms with Crippen molar-refractivity contribution in [3.05, 3.63) is 83.6 Å². The SMILES string of the molecule is C=C(C(=O)OC(C)(C)C)/C(=C/N1CCc2cc(C(=O)OC)ccc21)c1ccccc1. The Morgan fingerprint density at radius 3 is 2.40 bits per heavy atom. The van der Waals surface area contributed by atoms with Gasteiger partial charge in [-0.3, -0.25) is 0 Å². The second-order valence-corrected chi connectivity index (χ2v) is 8.17. The summed E-state index contributed by atoms with van der Waals surface area (Å²) in [7, 11) is 1.37. The van der Waals surface area contributed by atoms with Crippen molar-refractivity contribution in [1.29, 1.82) is 0 Å². The summed E-state index contributed by atoms with van der Waals surface area (Å²) in [5, 5.41) is 0. The summed E-state index contributed by atoms with van der Waals surface area (Å²) in [4.78, 5) is 26.6. The average molecular weight is 405 g/mol. The molecule has 1 heterocycles. The fourth-order valence-corrected chi connectivity index (χ4v) is 3.36. The number of carbonyl (C=O) groups excluding carboxylic acids is 2. The van der Waals surface area contributed by atoms with Crippen molar-refractivity contribution in [2.75, 3.05) is 18.6 Å². The topological polar surface area (TPSA) is 55.8 Å². The standard InChI is InChI=1S/C25H27NO4/c1-17(23(27)30-25(2,3)4)21(18-9-7-6-8-10-18)16-26-14-13-19-15-20(24(28)29-5)11-12-22(19)26/h6-12,15-16H,1,13-14H2,2-5H3/b21-16-. The van der Waals surface area contributed by atoms with Crippen LogP contribution >= 0.6 is 0 Å². The van der Waals surface area contributed by atoms with E-state index in [-0.39, 0.29) is 5.97 Å². The van der Waals surface area contributed by atoms with Crippen LogP contribution < -0.4 is 4.90 Å². The van der Waals surface area contributed by atoms with Gasteiger partial charge in [-0.15, -0.1) is 0 Å². The molecule has 3 rings (SSSR count). The number of ether oxygens (including phenoxy) is 2. The fraction of sp³-hybridized carbons (Fsp3) is 0.280. The zero-order valence-electron chi connectivity index (χ0n) is 17.9. The molecule has 0 unspecified atom stereocenters. The second-order valence-electron chi connectivity index (χ2n) is 8.17. The molecule has 0 bridgehead atoms. The van der Waals surface area contributed by atoms with Gasteiger partial charge in [-0.2, -0.15) is 0 Å². The van der Waals surface area contributed by atoms with Crippen LogP contribution in [0.5, 0.6) is 0 Å². The molecule has 2 aromatic rings. The molecule has 0 amide bonds. The van der Waals surface area contributed by atoms with Crippen LogP contribution in [0.25, 0.3) is 5.57 Å². The Labute approximate surface area is 177 Å². The Balaban J connectivity index is 1.97. The van der Waals surface area contributed by atoms with Crippen molar-refractivity contribution >= 4 is 23.2 Å². The Morgan fingerprint density at radius 1 is 1.07 bits per heavy atom. The molecule has 0 fully saturated rings. The Hall–Kier alpha value is -3.34. The van der Waals surface area contributed by atoms with Crippen molar-refractivity contribution in [3.63, 3.8) is 0 Å². The van der Waals surface area contributed by atoms with Gasteiger partial charge in [-0.05, 0) is 56.5 Å². The summed E-state index contributed by atoms with van der Waals surface area (Å²) in [6.07, 6.45) is 2.73. The van der Waals surface area contributed by atoms with Gasteiger partial charge >= 0.3 is 11.9 Å². The quantitative estimate of drug-likeness (QED) is 0.407. The van der Waals surface area contributed by atoms with Crippen LogP contribution in [-0.2, 0) is 20.7 Å². The van der Waals surface area contributed by atoms with Crippen molar-refractivity contribution < 1.29 is 19.1 Å². The third kappa shape index (κ3) is 4.79. The fourth-order valence-electron chi connectivity index (χ4n) is 3.36. The molecule has 0 spiro atoms. The van der Waals surface area contributed by atoms with E-state index < -0.39 is 11.6 Å². The number of esters is 2. The molecule has 0 saturated carbocycles. The van der Waals surface area contributed by atoms with Crippen molar-refractivity contribution in [2.45, 2.75) is 32.8 Å². The number of anilines is 1. The third-order valence-corrected chi connectivity index (χ3v) is 4.77. The maximum atomic E-state index is 12.7. The predicted molar refractivity (Wildman–Crippen MR) is 118 cm³/mol. The molecule has 0 saturated heterocycles. The largest absolute Gasteiger partial charge is 0.465 e. The smallest absolute Gasteiger partial charge is 0.338 e. The maximum Gasteiger partial charge on any atom is 0.338 e. The minimum atomic E-state index is -0.605. The van der Waals surface area contributed by atoms with E-state index in [2.05, 4.69) is 11.5 Å². The lowest BCUT2D eigenvalue weighted by molar-refractivity contribution is -0.149. The highest BCUT2D eigenvalue weighted by molar-refractivity contribution is 6.06. The molecule has 156 valence electrons. The first kappa shape index (κ1) is 21.4. The van der Waals surface area contributed by atoms with E-state index in [9.17, 15) is 9.59 Å². The summed E-state index contributed by atoms with van der Waals surface area (Å²) in [6, 6.07) is 15.2. The summed E-state index contributed by atoms with van der Waals surface area (Å²) in [5.74, 6) is -0.798. The van der Waals surface area contributed by atoms with Crippen LogP contribution in [0.1, 0.15) is 42.3 Å². The molecule has 0 aromatic heterocycles. The maximum absolute atomic E-state index is 12.7. The molecule has 30 heavy (non-hydrogen) atoms. The van der Waals surface area contributed by atoms with Crippen LogP contribution in [0.2, 0.25) is 0 Å². The molecule has 0 N–H and O–H groups in total. The van der Waals surface area contributed by atoms with Crippen LogP contribution in [0.3, 0.4) is 0 Å². The number of carbonyl (C=O) groups is 2. The summed E-state index contributed by atoms with van der Waals surface area (Å²) < 4.78 is 10.4. The molecule has 0 atom stereocenters. The van der Waals surface area contributed by atoms with Gasteiger partial charge in [-0.1, -0.05) is 36.9 Å². The summed E-state index contributed by atoms with van der Waals surface area (Å²) >= 11 is 0. The zero-order valence-corrected chi connectivity index (χ0v) is 17.9. The molecule has 0 radical (unpaired) electrons. The number of hydrogen-bond donors (Lipinski definition) is 0. The minimum absolute atomic E-state index is 0.302. The zero-order chi connectivity index (χ0) is 21.9. The Morgan fingerprint density at radius 2 is 1.77 bits per heavy atom.